The second-order valence-corrected chi connectivity index (χ2v) is 6.26. The van der Waals surface area contributed by atoms with Crippen LogP contribution in [0.2, 0.25) is 5.02 Å². The van der Waals surface area contributed by atoms with E-state index in [4.69, 9.17) is 16.3 Å². The van der Waals surface area contributed by atoms with Gasteiger partial charge in [-0.3, -0.25) is 0 Å². The highest BCUT2D eigenvalue weighted by Crippen LogP contribution is 2.13. The fraction of sp³-hybridized carbons (Fsp3) is 0.533. The van der Waals surface area contributed by atoms with Crippen molar-refractivity contribution in [2.24, 2.45) is 0 Å². The zero-order valence-corrected chi connectivity index (χ0v) is 13.1. The maximum absolute atomic E-state index is 11.8. The SMILES string of the molecule is C[C@@H](O)C(Cc1ccc(Cl)cc1)NC(=O)OC(C)(C)C. The molecule has 112 valence electrons. The van der Waals surface area contributed by atoms with E-state index in [1.165, 1.54) is 0 Å². The van der Waals surface area contributed by atoms with E-state index >= 15 is 0 Å². The molecular weight excluding hydrogens is 278 g/mol. The summed E-state index contributed by atoms with van der Waals surface area (Å²) in [5.41, 5.74) is 0.421. The molecule has 4 nitrogen and oxygen atoms in total. The molecule has 20 heavy (non-hydrogen) atoms. The number of alkyl carbamates (subject to hydrolysis) is 1. The van der Waals surface area contributed by atoms with Gasteiger partial charge in [-0.1, -0.05) is 23.7 Å². The van der Waals surface area contributed by atoms with Crippen LogP contribution in [0.3, 0.4) is 0 Å². The fourth-order valence-corrected chi connectivity index (χ4v) is 1.80. The molecule has 1 aromatic carbocycles. The van der Waals surface area contributed by atoms with Crippen molar-refractivity contribution >= 4 is 17.7 Å². The summed E-state index contributed by atoms with van der Waals surface area (Å²) in [6, 6.07) is 6.89. The van der Waals surface area contributed by atoms with Crippen molar-refractivity contribution in [1.82, 2.24) is 5.32 Å². The van der Waals surface area contributed by atoms with Gasteiger partial charge in [0.15, 0.2) is 0 Å². The second-order valence-electron chi connectivity index (χ2n) is 5.82. The molecular formula is C15H22ClNO3. The number of nitrogens with one attached hydrogen (secondary N) is 1. The van der Waals surface area contributed by atoms with Gasteiger partial charge in [-0.25, -0.2) is 4.79 Å². The lowest BCUT2D eigenvalue weighted by Crippen LogP contribution is -2.45. The van der Waals surface area contributed by atoms with E-state index in [0.29, 0.717) is 11.4 Å². The lowest BCUT2D eigenvalue weighted by atomic mass is 10.0. The Morgan fingerprint density at radius 2 is 1.90 bits per heavy atom. The molecule has 0 heterocycles. The Balaban J connectivity index is 2.65. The Bertz CT molecular complexity index is 437. The van der Waals surface area contributed by atoms with Gasteiger partial charge in [0, 0.05) is 5.02 Å². The molecule has 0 aliphatic heterocycles. The van der Waals surface area contributed by atoms with Gasteiger partial charge in [0.2, 0.25) is 0 Å². The van der Waals surface area contributed by atoms with Crippen LogP contribution in [0.5, 0.6) is 0 Å². The molecule has 1 unspecified atom stereocenters. The molecule has 0 saturated heterocycles. The van der Waals surface area contributed by atoms with Crippen molar-refractivity contribution in [3.8, 4) is 0 Å². The average Bonchev–Trinajstić information content (AvgIpc) is 2.28. The number of hydrogen-bond donors (Lipinski definition) is 2. The molecule has 0 aromatic heterocycles. The predicted octanol–water partition coefficient (Wildman–Crippen LogP) is 3.16. The largest absolute Gasteiger partial charge is 0.444 e. The zero-order chi connectivity index (χ0) is 15.3. The summed E-state index contributed by atoms with van der Waals surface area (Å²) in [6.07, 6.45) is -0.704. The molecule has 2 N–H and O–H groups in total. The van der Waals surface area contributed by atoms with Crippen LogP contribution < -0.4 is 5.32 Å². The molecule has 2 atom stereocenters. The van der Waals surface area contributed by atoms with E-state index < -0.39 is 23.8 Å². The van der Waals surface area contributed by atoms with E-state index in [0.717, 1.165) is 5.56 Å². The van der Waals surface area contributed by atoms with Crippen LogP contribution in [0.15, 0.2) is 24.3 Å². The van der Waals surface area contributed by atoms with Crippen LogP contribution in [-0.4, -0.2) is 28.9 Å². The monoisotopic (exact) mass is 299 g/mol. The third-order valence-corrected chi connectivity index (χ3v) is 2.91. The van der Waals surface area contributed by atoms with Gasteiger partial charge in [0.1, 0.15) is 5.60 Å². The fourth-order valence-electron chi connectivity index (χ4n) is 1.68. The molecule has 0 aliphatic carbocycles. The summed E-state index contributed by atoms with van der Waals surface area (Å²) in [4.78, 5) is 11.8. The van der Waals surface area contributed by atoms with E-state index in [1.54, 1.807) is 39.8 Å². The summed E-state index contributed by atoms with van der Waals surface area (Å²) in [7, 11) is 0. The number of carbonyl (C=O) groups is 1. The summed E-state index contributed by atoms with van der Waals surface area (Å²) in [5, 5.41) is 13.1. The van der Waals surface area contributed by atoms with E-state index in [2.05, 4.69) is 5.32 Å². The molecule has 0 radical (unpaired) electrons. The highest BCUT2D eigenvalue weighted by molar-refractivity contribution is 6.30. The minimum Gasteiger partial charge on any atom is -0.444 e. The van der Waals surface area contributed by atoms with Crippen LogP contribution in [0.1, 0.15) is 33.3 Å². The molecule has 0 spiro atoms. The lowest BCUT2D eigenvalue weighted by Gasteiger charge is -2.25. The number of amides is 1. The summed E-state index contributed by atoms with van der Waals surface area (Å²) >= 11 is 5.83. The first-order chi connectivity index (χ1) is 9.17. The number of aliphatic hydroxyl groups excluding tert-OH is 1. The number of benzene rings is 1. The molecule has 5 heteroatoms. The summed E-state index contributed by atoms with van der Waals surface area (Å²) in [6.45, 7) is 7.02. The minimum absolute atomic E-state index is 0.411. The summed E-state index contributed by atoms with van der Waals surface area (Å²) < 4.78 is 5.19. The molecule has 0 fully saturated rings. The molecule has 0 bridgehead atoms. The lowest BCUT2D eigenvalue weighted by molar-refractivity contribution is 0.0437. The number of halogens is 1. The minimum atomic E-state index is -0.682. The van der Waals surface area contributed by atoms with Crippen molar-refractivity contribution in [2.75, 3.05) is 0 Å². The maximum Gasteiger partial charge on any atom is 0.407 e. The van der Waals surface area contributed by atoms with E-state index in [-0.39, 0.29) is 0 Å². The first kappa shape index (κ1) is 16.8. The Morgan fingerprint density at radius 3 is 2.35 bits per heavy atom. The van der Waals surface area contributed by atoms with Gasteiger partial charge in [-0.2, -0.15) is 0 Å². The number of hydrogen-bond acceptors (Lipinski definition) is 3. The van der Waals surface area contributed by atoms with E-state index in [9.17, 15) is 9.90 Å². The highest BCUT2D eigenvalue weighted by atomic mass is 35.5. The third kappa shape index (κ3) is 6.26. The van der Waals surface area contributed by atoms with Crippen LogP contribution >= 0.6 is 11.6 Å². The van der Waals surface area contributed by atoms with E-state index in [1.807, 2.05) is 12.1 Å². The van der Waals surface area contributed by atoms with Gasteiger partial charge in [0.25, 0.3) is 0 Å². The van der Waals surface area contributed by atoms with Crippen LogP contribution in [-0.2, 0) is 11.2 Å². The smallest absolute Gasteiger partial charge is 0.407 e. The molecule has 1 aromatic rings. The Morgan fingerprint density at radius 1 is 1.35 bits per heavy atom. The first-order valence-electron chi connectivity index (χ1n) is 6.59. The van der Waals surface area contributed by atoms with Gasteiger partial charge in [-0.15, -0.1) is 0 Å². The standard InChI is InChI=1S/C15H22ClNO3/c1-10(18)13(17-14(19)20-15(2,3)4)9-11-5-7-12(16)8-6-11/h5-8,10,13,18H,9H2,1-4H3,(H,17,19)/t10-,13?/m1/s1. The van der Waals surface area contributed by atoms with Gasteiger partial charge < -0.3 is 15.2 Å². The molecule has 1 rings (SSSR count). The predicted molar refractivity (Wildman–Crippen MR) is 80.0 cm³/mol. The quantitative estimate of drug-likeness (QED) is 0.898. The van der Waals surface area contributed by atoms with Crippen LogP contribution in [0, 0.1) is 0 Å². The number of ether oxygens (including phenoxy) is 1. The molecule has 0 aliphatic rings. The van der Waals surface area contributed by atoms with Crippen molar-refractivity contribution < 1.29 is 14.6 Å². The number of carbonyl (C=O) groups excluding carboxylic acids is 1. The maximum atomic E-state index is 11.8. The van der Waals surface area contributed by atoms with Gasteiger partial charge in [0.05, 0.1) is 12.1 Å². The van der Waals surface area contributed by atoms with Crippen molar-refractivity contribution in [1.29, 1.82) is 0 Å². The highest BCUT2D eigenvalue weighted by Gasteiger charge is 2.22. The number of rotatable bonds is 4. The van der Waals surface area contributed by atoms with Crippen LogP contribution in [0.4, 0.5) is 4.79 Å². The van der Waals surface area contributed by atoms with Crippen molar-refractivity contribution in [2.45, 2.75) is 51.9 Å². The number of aliphatic hydroxyl groups is 1. The summed E-state index contributed by atoms with van der Waals surface area (Å²) in [5.74, 6) is 0. The third-order valence-electron chi connectivity index (χ3n) is 2.65. The zero-order valence-electron chi connectivity index (χ0n) is 12.3. The van der Waals surface area contributed by atoms with Crippen molar-refractivity contribution in [3.63, 3.8) is 0 Å². The topological polar surface area (TPSA) is 58.6 Å². The Hall–Kier alpha value is -1.26. The van der Waals surface area contributed by atoms with Crippen molar-refractivity contribution in [3.05, 3.63) is 34.9 Å². The molecule has 0 saturated carbocycles. The Labute approximate surface area is 125 Å². The van der Waals surface area contributed by atoms with Gasteiger partial charge >= 0.3 is 6.09 Å². The Kier molecular flexibility index (Phi) is 5.84. The van der Waals surface area contributed by atoms with Crippen LogP contribution in [0.25, 0.3) is 0 Å². The second kappa shape index (κ2) is 6.95. The average molecular weight is 300 g/mol. The normalized spacial score (nSPS) is 14.5. The first-order valence-corrected chi connectivity index (χ1v) is 6.97. The molecule has 1 amide bonds. The van der Waals surface area contributed by atoms with Gasteiger partial charge in [-0.05, 0) is 51.8 Å².